The summed E-state index contributed by atoms with van der Waals surface area (Å²) in [5.41, 5.74) is 2.43. The Hall–Kier alpha value is -0.746. The smallest absolute Gasteiger partial charge is 0.0453 e. The molecule has 0 aromatic heterocycles. The first-order valence-electron chi connectivity index (χ1n) is 5.02. The summed E-state index contributed by atoms with van der Waals surface area (Å²) < 4.78 is 23.1. The van der Waals surface area contributed by atoms with Crippen molar-refractivity contribution < 1.29 is 41.5 Å². The predicted molar refractivity (Wildman–Crippen MR) is 68.7 cm³/mol. The molecule has 0 bridgehead atoms. The third kappa shape index (κ3) is 4.86. The molecule has 2 aromatic carbocycles. The van der Waals surface area contributed by atoms with Gasteiger partial charge in [0, 0.05) is 61.0 Å². The molecular formula is C12H11N2O2SY-. The molecule has 1 atom stereocenters. The normalized spacial score (nSPS) is 11.2. The van der Waals surface area contributed by atoms with Crippen LogP contribution >= 0.6 is 0 Å². The zero-order valence-electron chi connectivity index (χ0n) is 9.50. The fourth-order valence-corrected chi connectivity index (χ4v) is 1.73. The van der Waals surface area contributed by atoms with Crippen LogP contribution < -0.4 is 10.0 Å². The average molecular weight is 336 g/mol. The van der Waals surface area contributed by atoms with Gasteiger partial charge in [-0.15, -0.1) is 0 Å². The van der Waals surface area contributed by atoms with E-state index in [0.717, 1.165) is 11.4 Å². The number of hydrogen-bond donors (Lipinski definition) is 2. The Kier molecular flexibility index (Phi) is 6.50. The Labute approximate surface area is 133 Å². The van der Waals surface area contributed by atoms with Gasteiger partial charge < -0.3 is 14.6 Å². The van der Waals surface area contributed by atoms with Crippen LogP contribution in [0.2, 0.25) is 0 Å². The number of para-hydroxylation sites is 1. The monoisotopic (exact) mass is 336 g/mol. The molecule has 0 aliphatic rings. The summed E-state index contributed by atoms with van der Waals surface area (Å²) in [7, 11) is 0. The molecule has 2 aromatic rings. The summed E-state index contributed by atoms with van der Waals surface area (Å²) >= 11 is -2.28. The molecule has 18 heavy (non-hydrogen) atoms. The molecule has 1 unspecified atom stereocenters. The van der Waals surface area contributed by atoms with Crippen LogP contribution in [0.1, 0.15) is 0 Å². The third-order valence-corrected chi connectivity index (χ3v) is 2.55. The first-order chi connectivity index (χ1) is 8.24. The van der Waals surface area contributed by atoms with E-state index < -0.39 is 11.3 Å². The largest absolute Gasteiger partial charge is 0.755 e. The third-order valence-electron chi connectivity index (χ3n) is 2.15. The van der Waals surface area contributed by atoms with Crippen LogP contribution in [-0.2, 0) is 44.0 Å². The summed E-state index contributed by atoms with van der Waals surface area (Å²) in [5, 5.41) is 3.20. The summed E-state index contributed by atoms with van der Waals surface area (Å²) in [6.45, 7) is 0. The summed E-state index contributed by atoms with van der Waals surface area (Å²) in [6, 6.07) is 16.8. The molecule has 0 aliphatic carbocycles. The number of anilines is 3. The van der Waals surface area contributed by atoms with E-state index in [9.17, 15) is 8.76 Å². The molecular weight excluding hydrogens is 325 g/mol. The van der Waals surface area contributed by atoms with Crippen LogP contribution in [0.3, 0.4) is 0 Å². The van der Waals surface area contributed by atoms with E-state index in [4.69, 9.17) is 0 Å². The topological polar surface area (TPSA) is 64.2 Å². The van der Waals surface area contributed by atoms with Gasteiger partial charge in [0.15, 0.2) is 0 Å². The van der Waals surface area contributed by atoms with Crippen molar-refractivity contribution in [3.8, 4) is 0 Å². The maximum Gasteiger partial charge on any atom is 0.0453 e. The SMILES string of the molecule is O=S([O-])Nc1ccc(Nc2ccccc2)cc1.[Y]. The molecule has 2 rings (SSSR count). The molecule has 1 radical (unpaired) electrons. The second-order valence-electron chi connectivity index (χ2n) is 3.41. The van der Waals surface area contributed by atoms with Crippen molar-refractivity contribution in [3.05, 3.63) is 54.6 Å². The molecule has 0 saturated heterocycles. The van der Waals surface area contributed by atoms with Gasteiger partial charge in [-0.05, 0) is 36.4 Å². The van der Waals surface area contributed by atoms with Gasteiger partial charge in [-0.1, -0.05) is 18.2 Å². The van der Waals surface area contributed by atoms with Crippen molar-refractivity contribution >= 4 is 28.3 Å². The van der Waals surface area contributed by atoms with Crippen LogP contribution in [0.4, 0.5) is 17.1 Å². The quantitative estimate of drug-likeness (QED) is 0.844. The van der Waals surface area contributed by atoms with Gasteiger partial charge in [0.25, 0.3) is 0 Å². The van der Waals surface area contributed by atoms with Crippen LogP contribution in [0.25, 0.3) is 0 Å². The zero-order valence-corrected chi connectivity index (χ0v) is 13.2. The van der Waals surface area contributed by atoms with Gasteiger partial charge in [-0.25, -0.2) is 0 Å². The Bertz CT molecular complexity index is 505. The zero-order chi connectivity index (χ0) is 12.1. The molecule has 0 fully saturated rings. The van der Waals surface area contributed by atoms with Crippen molar-refractivity contribution in [2.24, 2.45) is 0 Å². The van der Waals surface area contributed by atoms with E-state index in [2.05, 4.69) is 10.0 Å². The molecule has 0 spiro atoms. The first-order valence-corrected chi connectivity index (χ1v) is 6.09. The van der Waals surface area contributed by atoms with Crippen LogP contribution in [0, 0.1) is 0 Å². The van der Waals surface area contributed by atoms with Crippen molar-refractivity contribution in [3.63, 3.8) is 0 Å². The van der Waals surface area contributed by atoms with Crippen LogP contribution in [0.5, 0.6) is 0 Å². The van der Waals surface area contributed by atoms with Crippen molar-refractivity contribution in [1.82, 2.24) is 0 Å². The van der Waals surface area contributed by atoms with Crippen molar-refractivity contribution in [2.75, 3.05) is 10.0 Å². The Morgan fingerprint density at radius 2 is 1.33 bits per heavy atom. The van der Waals surface area contributed by atoms with Gasteiger partial charge in [-0.3, -0.25) is 4.21 Å². The Morgan fingerprint density at radius 3 is 1.89 bits per heavy atom. The fourth-order valence-electron chi connectivity index (χ4n) is 1.41. The molecule has 0 aliphatic heterocycles. The molecule has 91 valence electrons. The van der Waals surface area contributed by atoms with Gasteiger partial charge in [-0.2, -0.15) is 0 Å². The van der Waals surface area contributed by atoms with Gasteiger partial charge >= 0.3 is 0 Å². The van der Waals surface area contributed by atoms with E-state index in [-0.39, 0.29) is 32.7 Å². The van der Waals surface area contributed by atoms with E-state index >= 15 is 0 Å². The number of nitrogens with one attached hydrogen (secondary N) is 2. The van der Waals surface area contributed by atoms with Gasteiger partial charge in [0.2, 0.25) is 0 Å². The Balaban J connectivity index is 0.00000162. The Morgan fingerprint density at radius 1 is 0.833 bits per heavy atom. The molecule has 6 heteroatoms. The van der Waals surface area contributed by atoms with E-state index in [0.29, 0.717) is 5.69 Å². The van der Waals surface area contributed by atoms with Crippen molar-refractivity contribution in [2.45, 2.75) is 0 Å². The van der Waals surface area contributed by atoms with E-state index in [1.165, 1.54) is 0 Å². The second kappa shape index (κ2) is 7.64. The first kappa shape index (κ1) is 15.3. The number of hydrogen-bond acceptors (Lipinski definition) is 3. The summed E-state index contributed by atoms with van der Waals surface area (Å²) in [4.78, 5) is 0. The second-order valence-corrected chi connectivity index (χ2v) is 4.08. The summed E-state index contributed by atoms with van der Waals surface area (Å²) in [6.07, 6.45) is 0. The predicted octanol–water partition coefficient (Wildman–Crippen LogP) is 2.63. The molecule has 0 amide bonds. The minimum Gasteiger partial charge on any atom is -0.755 e. The van der Waals surface area contributed by atoms with Gasteiger partial charge in [0.05, 0.1) is 0 Å². The van der Waals surface area contributed by atoms with E-state index in [1.54, 1.807) is 12.1 Å². The summed E-state index contributed by atoms with van der Waals surface area (Å²) in [5.74, 6) is 0. The van der Waals surface area contributed by atoms with Crippen LogP contribution in [-0.4, -0.2) is 8.76 Å². The molecule has 2 N–H and O–H groups in total. The minimum atomic E-state index is -2.28. The maximum atomic E-state index is 10.4. The standard InChI is InChI=1S/C12H12N2O2S.Y/c15-17(16)14-12-8-6-11(7-9-12)13-10-4-2-1-3-5-10;/h1-9,13-14H,(H,15,16);/p-1. The van der Waals surface area contributed by atoms with E-state index in [1.807, 2.05) is 42.5 Å². The average Bonchev–Trinajstić information content (AvgIpc) is 2.32. The minimum absolute atomic E-state index is 0. The van der Waals surface area contributed by atoms with Crippen LogP contribution in [0.15, 0.2) is 54.6 Å². The molecule has 4 nitrogen and oxygen atoms in total. The molecule has 0 heterocycles. The fraction of sp³-hybridized carbons (Fsp3) is 0. The number of benzene rings is 2. The van der Waals surface area contributed by atoms with Gasteiger partial charge in [0.1, 0.15) is 0 Å². The maximum absolute atomic E-state index is 10.4. The van der Waals surface area contributed by atoms with Crippen molar-refractivity contribution in [1.29, 1.82) is 0 Å². The number of rotatable bonds is 4. The molecule has 0 saturated carbocycles.